The number of benzene rings is 1. The summed E-state index contributed by atoms with van der Waals surface area (Å²) in [6.45, 7) is 6.05. The third kappa shape index (κ3) is 6.29. The summed E-state index contributed by atoms with van der Waals surface area (Å²) in [5, 5.41) is 13.9. The van der Waals surface area contributed by atoms with Gasteiger partial charge in [-0.25, -0.2) is 9.55 Å². The van der Waals surface area contributed by atoms with Crippen LogP contribution in [-0.2, 0) is 23.4 Å². The van der Waals surface area contributed by atoms with Crippen LogP contribution in [-0.4, -0.2) is 68.7 Å². The number of terminal acetylenes is 1. The summed E-state index contributed by atoms with van der Waals surface area (Å²) >= 11 is 0. The van der Waals surface area contributed by atoms with Crippen molar-refractivity contribution < 1.29 is 37.7 Å². The fraction of sp³-hybridized carbons (Fsp3) is 0.462. The monoisotopic (exact) mass is 588 g/mol. The fourth-order valence-corrected chi connectivity index (χ4v) is 5.78. The number of aliphatic hydroxyl groups is 1. The van der Waals surface area contributed by atoms with Gasteiger partial charge in [-0.15, -0.1) is 6.42 Å². The van der Waals surface area contributed by atoms with Crippen LogP contribution in [0.5, 0.6) is 11.6 Å². The van der Waals surface area contributed by atoms with Crippen LogP contribution in [0.3, 0.4) is 0 Å². The molecule has 3 heterocycles. The Balaban J connectivity index is 1.60. The topological polar surface area (TPSA) is 182 Å². The Hall–Kier alpha value is -3.73. The maximum atomic E-state index is 13.9. The molecule has 1 fully saturated rings. The Morgan fingerprint density at radius 1 is 1.32 bits per heavy atom. The summed E-state index contributed by atoms with van der Waals surface area (Å²) in [4.78, 5) is 25.0. The lowest BCUT2D eigenvalue weighted by molar-refractivity contribution is -0.149. The number of anilines is 1. The Labute approximate surface area is 237 Å². The van der Waals surface area contributed by atoms with Crippen molar-refractivity contribution in [1.29, 1.82) is 0 Å². The number of hydrogen-bond donors (Lipinski definition) is 3. The van der Waals surface area contributed by atoms with Gasteiger partial charge in [0.05, 0.1) is 26.1 Å². The van der Waals surface area contributed by atoms with Crippen LogP contribution in [0.2, 0.25) is 0 Å². The van der Waals surface area contributed by atoms with E-state index in [1.807, 2.05) is 0 Å². The third-order valence-corrected chi connectivity index (χ3v) is 8.03. The zero-order valence-corrected chi connectivity index (χ0v) is 24.1. The van der Waals surface area contributed by atoms with E-state index < -0.39 is 50.2 Å². The fourth-order valence-electron chi connectivity index (χ4n) is 4.28. The van der Waals surface area contributed by atoms with Crippen molar-refractivity contribution in [3.8, 4) is 24.0 Å². The zero-order chi connectivity index (χ0) is 29.9. The van der Waals surface area contributed by atoms with Gasteiger partial charge in [0.1, 0.15) is 29.4 Å². The largest absolute Gasteiger partial charge is 0.479 e. The molecule has 2 aromatic heterocycles. The molecule has 1 unspecified atom stereocenters. The van der Waals surface area contributed by atoms with Gasteiger partial charge >= 0.3 is 13.7 Å². The van der Waals surface area contributed by atoms with E-state index >= 15 is 0 Å². The molecule has 0 bridgehead atoms. The van der Waals surface area contributed by atoms with Gasteiger partial charge in [0, 0.05) is 0 Å². The molecule has 3 aromatic rings. The molecule has 0 amide bonds. The maximum Gasteiger partial charge on any atom is 0.459 e. The van der Waals surface area contributed by atoms with E-state index in [1.54, 1.807) is 51.1 Å². The number of ether oxygens (including phenoxy) is 3. The average Bonchev–Trinajstić information content (AvgIpc) is 3.45. The summed E-state index contributed by atoms with van der Waals surface area (Å²) in [5.41, 5.74) is 5.13. The third-order valence-electron chi connectivity index (χ3n) is 6.38. The summed E-state index contributed by atoms with van der Waals surface area (Å²) in [5.74, 6) is 2.27. The number of nitrogens with zero attached hydrogens (tertiary/aromatic N) is 4. The second kappa shape index (κ2) is 12.0. The second-order valence-corrected chi connectivity index (χ2v) is 11.5. The maximum absolute atomic E-state index is 13.9. The standard InChI is InChI=1S/C26H33N6O8P/c1-7-26(5)20(33)18(39-24(26)32-14-28-19-21(32)29-25(27)30-22(19)36-6)13-37-41(35,40-17-11-9-8-10-12-17)31-16(4)23(34)38-15(2)3/h1,8-12,14-16,18,20,24,33H,13H2,2-6H3,(H,31,35)(H2,27,29,30)/t16-,18+,20+,24+,26+,41?/m0/s1. The van der Waals surface area contributed by atoms with Gasteiger partial charge in [-0.1, -0.05) is 24.1 Å². The number of esters is 1. The minimum Gasteiger partial charge on any atom is -0.479 e. The zero-order valence-electron chi connectivity index (χ0n) is 23.3. The number of aliphatic hydroxyl groups excluding tert-OH is 1. The van der Waals surface area contributed by atoms with E-state index in [9.17, 15) is 14.5 Å². The van der Waals surface area contributed by atoms with Crippen LogP contribution in [0.1, 0.15) is 33.9 Å². The van der Waals surface area contributed by atoms with Gasteiger partial charge in [0.2, 0.25) is 11.8 Å². The van der Waals surface area contributed by atoms with E-state index in [4.69, 9.17) is 35.4 Å². The first-order valence-corrected chi connectivity index (χ1v) is 14.3. The highest BCUT2D eigenvalue weighted by molar-refractivity contribution is 7.52. The van der Waals surface area contributed by atoms with Crippen molar-refractivity contribution in [2.75, 3.05) is 19.5 Å². The lowest BCUT2D eigenvalue weighted by atomic mass is 9.83. The molecule has 0 aliphatic carbocycles. The first-order chi connectivity index (χ1) is 19.4. The van der Waals surface area contributed by atoms with Crippen LogP contribution in [0.4, 0.5) is 5.95 Å². The normalized spacial score (nSPS) is 24.5. The second-order valence-electron chi connectivity index (χ2n) is 9.85. The molecule has 4 rings (SSSR count). The number of nitrogens with two attached hydrogens (primary N) is 1. The Morgan fingerprint density at radius 2 is 2.02 bits per heavy atom. The molecule has 14 nitrogen and oxygen atoms in total. The molecule has 1 saturated heterocycles. The number of rotatable bonds is 11. The van der Waals surface area contributed by atoms with E-state index in [0.29, 0.717) is 5.52 Å². The number of aromatic nitrogens is 4. The van der Waals surface area contributed by atoms with Crippen molar-refractivity contribution in [3.05, 3.63) is 36.7 Å². The number of nitrogens with one attached hydrogen (secondary N) is 1. The number of carbonyl (C=O) groups excluding carboxylic acids is 1. The van der Waals surface area contributed by atoms with Crippen LogP contribution in [0.25, 0.3) is 11.2 Å². The number of hydrogen-bond acceptors (Lipinski definition) is 12. The van der Waals surface area contributed by atoms with Gasteiger partial charge in [0.25, 0.3) is 0 Å². The number of imidazole rings is 1. The number of para-hydroxylation sites is 1. The average molecular weight is 589 g/mol. The molecule has 0 spiro atoms. The molecule has 4 N–H and O–H groups in total. The minimum absolute atomic E-state index is 0.0628. The van der Waals surface area contributed by atoms with E-state index in [-0.39, 0.29) is 29.3 Å². The molecule has 220 valence electrons. The number of methoxy groups -OCH3 is 1. The quantitative estimate of drug-likeness (QED) is 0.169. The van der Waals surface area contributed by atoms with Crippen LogP contribution >= 0.6 is 7.75 Å². The van der Waals surface area contributed by atoms with Crippen LogP contribution in [0.15, 0.2) is 36.7 Å². The van der Waals surface area contributed by atoms with Crippen molar-refractivity contribution in [2.45, 2.75) is 58.3 Å². The highest BCUT2D eigenvalue weighted by Crippen LogP contribution is 2.49. The molecule has 1 aromatic carbocycles. The summed E-state index contributed by atoms with van der Waals surface area (Å²) in [7, 11) is -2.81. The molecule has 1 aliphatic heterocycles. The molecule has 0 radical (unpaired) electrons. The van der Waals surface area contributed by atoms with E-state index in [0.717, 1.165) is 0 Å². The van der Waals surface area contributed by atoms with Gasteiger partial charge in [-0.2, -0.15) is 15.1 Å². The molecule has 15 heteroatoms. The lowest BCUT2D eigenvalue weighted by Gasteiger charge is -2.28. The molecule has 6 atom stereocenters. The predicted molar refractivity (Wildman–Crippen MR) is 148 cm³/mol. The highest BCUT2D eigenvalue weighted by atomic mass is 31.2. The number of nitrogen functional groups attached to an aromatic ring is 1. The summed E-state index contributed by atoms with van der Waals surface area (Å²) in [6.07, 6.45) is 3.57. The first-order valence-electron chi connectivity index (χ1n) is 12.7. The summed E-state index contributed by atoms with van der Waals surface area (Å²) in [6, 6.07) is 7.22. The summed E-state index contributed by atoms with van der Waals surface area (Å²) < 4.78 is 43.4. The van der Waals surface area contributed by atoms with E-state index in [1.165, 1.54) is 24.9 Å². The minimum atomic E-state index is -4.23. The van der Waals surface area contributed by atoms with Gasteiger partial charge in [-0.05, 0) is 39.8 Å². The number of fused-ring (bicyclic) bond motifs is 1. The van der Waals surface area contributed by atoms with Gasteiger partial charge in [0.15, 0.2) is 17.4 Å². The Kier molecular flexibility index (Phi) is 8.86. The van der Waals surface area contributed by atoms with E-state index in [2.05, 4.69) is 26.0 Å². The Bertz CT molecular complexity index is 1480. The highest BCUT2D eigenvalue weighted by Gasteiger charge is 2.54. The Morgan fingerprint density at radius 3 is 2.66 bits per heavy atom. The lowest BCUT2D eigenvalue weighted by Crippen LogP contribution is -2.39. The molecule has 1 aliphatic rings. The SMILES string of the molecule is C#C[C@]1(C)[C@H](O)[C@@H](COP(=O)(N[C@@H](C)C(=O)OC(C)C)Oc2ccccc2)O[C@H]1n1cnc2c(OC)nc(N)nc21. The van der Waals surface area contributed by atoms with Gasteiger partial charge < -0.3 is 29.6 Å². The smallest absolute Gasteiger partial charge is 0.459 e. The van der Waals surface area contributed by atoms with Gasteiger partial charge in [-0.3, -0.25) is 13.9 Å². The van der Waals surface area contributed by atoms with Crippen molar-refractivity contribution in [3.63, 3.8) is 0 Å². The molecule has 0 saturated carbocycles. The van der Waals surface area contributed by atoms with Crippen molar-refractivity contribution >= 4 is 30.8 Å². The molecular formula is C26H33N6O8P. The van der Waals surface area contributed by atoms with Crippen molar-refractivity contribution in [2.24, 2.45) is 5.41 Å². The van der Waals surface area contributed by atoms with Crippen LogP contribution in [0, 0.1) is 17.8 Å². The molecule has 41 heavy (non-hydrogen) atoms. The predicted octanol–water partition coefficient (Wildman–Crippen LogP) is 2.45. The number of carbonyl (C=O) groups is 1. The van der Waals surface area contributed by atoms with Crippen LogP contribution < -0.4 is 20.1 Å². The van der Waals surface area contributed by atoms with Crippen molar-refractivity contribution in [1.82, 2.24) is 24.6 Å². The first kappa shape index (κ1) is 30.2. The molecular weight excluding hydrogens is 555 g/mol.